The summed E-state index contributed by atoms with van der Waals surface area (Å²) in [6, 6.07) is 8.51. The Bertz CT molecular complexity index is 580. The summed E-state index contributed by atoms with van der Waals surface area (Å²) in [4.78, 5) is 10.9. The van der Waals surface area contributed by atoms with Gasteiger partial charge in [0.1, 0.15) is 5.82 Å². The van der Waals surface area contributed by atoms with E-state index in [9.17, 15) is 0 Å². The number of para-hydroxylation sites is 1. The predicted molar refractivity (Wildman–Crippen MR) is 75.1 cm³/mol. The smallest absolute Gasteiger partial charge is 0.224 e. The zero-order valence-electron chi connectivity index (χ0n) is 10.6. The van der Waals surface area contributed by atoms with Crippen LogP contribution in [0.1, 0.15) is 19.8 Å². The second-order valence-electron chi connectivity index (χ2n) is 5.02. The summed E-state index contributed by atoms with van der Waals surface area (Å²) in [5.74, 6) is 1.73. The zero-order chi connectivity index (χ0) is 12.7. The fraction of sp³-hybridized carbons (Fsp3) is 0.429. The first kappa shape index (κ1) is 11.7. The van der Waals surface area contributed by atoms with Crippen LogP contribution >= 0.6 is 11.6 Å². The standard InChI is InChI=1S/C14H16ClN3/c1-9(10-7-8-10)18(2)13-11-5-3-4-6-12(11)16-14(15)17-13/h3-6,9-10H,7-8H2,1-2H3. The lowest BCUT2D eigenvalue weighted by atomic mass is 10.1. The van der Waals surface area contributed by atoms with Crippen molar-refractivity contribution in [3.63, 3.8) is 0 Å². The van der Waals surface area contributed by atoms with Gasteiger partial charge in [0.15, 0.2) is 0 Å². The molecule has 1 aromatic heterocycles. The maximum Gasteiger partial charge on any atom is 0.224 e. The van der Waals surface area contributed by atoms with Gasteiger partial charge in [-0.2, -0.15) is 4.98 Å². The van der Waals surface area contributed by atoms with Crippen LogP contribution in [0.5, 0.6) is 0 Å². The SMILES string of the molecule is CC(C1CC1)N(C)c1nc(Cl)nc2ccccc12. The van der Waals surface area contributed by atoms with Crippen LogP contribution in [0.4, 0.5) is 5.82 Å². The van der Waals surface area contributed by atoms with Crippen LogP contribution in [0.25, 0.3) is 10.9 Å². The van der Waals surface area contributed by atoms with Crippen LogP contribution in [0.3, 0.4) is 0 Å². The monoisotopic (exact) mass is 261 g/mol. The Morgan fingerprint density at radius 3 is 2.72 bits per heavy atom. The summed E-state index contributed by atoms with van der Waals surface area (Å²) < 4.78 is 0. The molecule has 1 heterocycles. The minimum atomic E-state index is 0.318. The van der Waals surface area contributed by atoms with Gasteiger partial charge in [-0.05, 0) is 49.4 Å². The van der Waals surface area contributed by atoms with Crippen LogP contribution in [0, 0.1) is 5.92 Å². The molecule has 0 amide bonds. The van der Waals surface area contributed by atoms with E-state index in [1.807, 2.05) is 18.2 Å². The van der Waals surface area contributed by atoms with Gasteiger partial charge in [-0.3, -0.25) is 0 Å². The van der Waals surface area contributed by atoms with Gasteiger partial charge in [-0.15, -0.1) is 0 Å². The molecule has 3 rings (SSSR count). The van der Waals surface area contributed by atoms with Crippen molar-refractivity contribution in [2.45, 2.75) is 25.8 Å². The highest BCUT2D eigenvalue weighted by Crippen LogP contribution is 2.37. The third-order valence-electron chi connectivity index (χ3n) is 3.81. The molecule has 18 heavy (non-hydrogen) atoms. The second-order valence-corrected chi connectivity index (χ2v) is 5.36. The van der Waals surface area contributed by atoms with E-state index in [2.05, 4.69) is 34.9 Å². The summed E-state index contributed by atoms with van der Waals surface area (Å²) in [7, 11) is 2.09. The molecule has 3 nitrogen and oxygen atoms in total. The number of rotatable bonds is 3. The number of benzene rings is 1. The molecule has 1 saturated carbocycles. The molecule has 1 fully saturated rings. The number of hydrogen-bond acceptors (Lipinski definition) is 3. The van der Waals surface area contributed by atoms with Crippen molar-refractivity contribution in [3.8, 4) is 0 Å². The van der Waals surface area contributed by atoms with Crippen molar-refractivity contribution in [1.82, 2.24) is 9.97 Å². The van der Waals surface area contributed by atoms with E-state index in [0.717, 1.165) is 22.6 Å². The fourth-order valence-electron chi connectivity index (χ4n) is 2.39. The quantitative estimate of drug-likeness (QED) is 0.792. The van der Waals surface area contributed by atoms with Gasteiger partial charge in [0.05, 0.1) is 5.52 Å². The first-order chi connectivity index (χ1) is 8.66. The zero-order valence-corrected chi connectivity index (χ0v) is 11.4. The van der Waals surface area contributed by atoms with E-state index >= 15 is 0 Å². The van der Waals surface area contributed by atoms with Crippen LogP contribution in [0.2, 0.25) is 5.28 Å². The normalized spacial score (nSPS) is 16.8. The van der Waals surface area contributed by atoms with Crippen LogP contribution in [0.15, 0.2) is 24.3 Å². The first-order valence-electron chi connectivity index (χ1n) is 6.32. The Morgan fingerprint density at radius 2 is 2.00 bits per heavy atom. The molecule has 0 spiro atoms. The summed E-state index contributed by atoms with van der Waals surface area (Å²) in [6.07, 6.45) is 2.64. The van der Waals surface area contributed by atoms with Gasteiger partial charge >= 0.3 is 0 Å². The molecule has 0 aliphatic heterocycles. The Morgan fingerprint density at radius 1 is 1.28 bits per heavy atom. The number of aromatic nitrogens is 2. The number of hydrogen-bond donors (Lipinski definition) is 0. The lowest BCUT2D eigenvalue weighted by Crippen LogP contribution is -2.31. The van der Waals surface area contributed by atoms with E-state index in [1.54, 1.807) is 0 Å². The summed E-state index contributed by atoms with van der Waals surface area (Å²) in [5, 5.41) is 1.38. The van der Waals surface area contributed by atoms with Crippen molar-refractivity contribution in [2.24, 2.45) is 5.92 Å². The van der Waals surface area contributed by atoms with Crippen molar-refractivity contribution in [2.75, 3.05) is 11.9 Å². The fourth-order valence-corrected chi connectivity index (χ4v) is 2.56. The third kappa shape index (κ3) is 2.03. The summed E-state index contributed by atoms with van der Waals surface area (Å²) in [6.45, 7) is 2.25. The van der Waals surface area contributed by atoms with Gasteiger partial charge in [0.2, 0.25) is 5.28 Å². The molecule has 4 heteroatoms. The van der Waals surface area contributed by atoms with E-state index < -0.39 is 0 Å². The van der Waals surface area contributed by atoms with E-state index in [0.29, 0.717) is 11.3 Å². The van der Waals surface area contributed by atoms with Gasteiger partial charge in [0.25, 0.3) is 0 Å². The first-order valence-corrected chi connectivity index (χ1v) is 6.69. The van der Waals surface area contributed by atoms with Crippen LogP contribution in [-0.2, 0) is 0 Å². The molecule has 1 aromatic carbocycles. The Labute approximate surface area is 112 Å². The topological polar surface area (TPSA) is 29.0 Å². The minimum absolute atomic E-state index is 0.318. The van der Waals surface area contributed by atoms with Crippen molar-refractivity contribution in [3.05, 3.63) is 29.5 Å². The van der Waals surface area contributed by atoms with Crippen molar-refractivity contribution < 1.29 is 0 Å². The second kappa shape index (κ2) is 4.39. The predicted octanol–water partition coefficient (Wildman–Crippen LogP) is 3.52. The molecule has 2 aromatic rings. The molecule has 0 bridgehead atoms. The molecule has 94 valence electrons. The largest absolute Gasteiger partial charge is 0.356 e. The van der Waals surface area contributed by atoms with Crippen molar-refractivity contribution in [1.29, 1.82) is 0 Å². The van der Waals surface area contributed by atoms with Gasteiger partial charge in [0, 0.05) is 18.5 Å². The minimum Gasteiger partial charge on any atom is -0.356 e. The lowest BCUT2D eigenvalue weighted by Gasteiger charge is -2.27. The number of anilines is 1. The number of nitrogens with zero attached hydrogens (tertiary/aromatic N) is 3. The Hall–Kier alpha value is -1.35. The molecule has 1 aliphatic rings. The Kier molecular flexibility index (Phi) is 2.86. The molecular weight excluding hydrogens is 246 g/mol. The molecular formula is C14H16ClN3. The molecule has 0 saturated heterocycles. The van der Waals surface area contributed by atoms with E-state index in [-0.39, 0.29) is 0 Å². The number of fused-ring (bicyclic) bond motifs is 1. The maximum absolute atomic E-state index is 6.02. The lowest BCUT2D eigenvalue weighted by molar-refractivity contribution is 0.605. The average molecular weight is 262 g/mol. The van der Waals surface area contributed by atoms with Crippen LogP contribution < -0.4 is 4.90 Å². The highest BCUT2D eigenvalue weighted by atomic mass is 35.5. The molecule has 1 atom stereocenters. The number of halogens is 1. The van der Waals surface area contributed by atoms with Crippen molar-refractivity contribution >= 4 is 28.3 Å². The van der Waals surface area contributed by atoms with E-state index in [1.165, 1.54) is 12.8 Å². The maximum atomic E-state index is 6.02. The Balaban J connectivity index is 2.09. The highest BCUT2D eigenvalue weighted by molar-refractivity contribution is 6.28. The van der Waals surface area contributed by atoms with Gasteiger partial charge < -0.3 is 4.90 Å². The molecule has 0 radical (unpaired) electrons. The van der Waals surface area contributed by atoms with Gasteiger partial charge in [-0.25, -0.2) is 4.98 Å². The average Bonchev–Trinajstić information content (AvgIpc) is 3.20. The summed E-state index contributed by atoms with van der Waals surface area (Å²) >= 11 is 6.02. The third-order valence-corrected chi connectivity index (χ3v) is 3.97. The summed E-state index contributed by atoms with van der Waals surface area (Å²) in [5.41, 5.74) is 0.905. The van der Waals surface area contributed by atoms with E-state index in [4.69, 9.17) is 11.6 Å². The molecule has 0 N–H and O–H groups in total. The highest BCUT2D eigenvalue weighted by Gasteiger charge is 2.31. The van der Waals surface area contributed by atoms with Crippen LogP contribution in [-0.4, -0.2) is 23.1 Å². The molecule has 1 unspecified atom stereocenters. The molecule has 1 aliphatic carbocycles. The van der Waals surface area contributed by atoms with Gasteiger partial charge in [-0.1, -0.05) is 12.1 Å².